The number of rotatable bonds is 6. The van der Waals surface area contributed by atoms with Gasteiger partial charge in [0.25, 0.3) is 0 Å². The molecule has 0 aliphatic rings. The highest BCUT2D eigenvalue weighted by Crippen LogP contribution is 1.84. The predicted molar refractivity (Wildman–Crippen MR) is 49.3 cm³/mol. The molecule has 0 unspecified atom stereocenters. The van der Waals surface area contributed by atoms with E-state index in [0.717, 1.165) is 0 Å². The van der Waals surface area contributed by atoms with E-state index in [1.807, 2.05) is 6.92 Å². The second-order valence-corrected chi connectivity index (χ2v) is 2.85. The van der Waals surface area contributed by atoms with Crippen molar-refractivity contribution in [2.24, 2.45) is 0 Å². The van der Waals surface area contributed by atoms with Crippen LogP contribution < -0.4 is 5.32 Å². The molecule has 5 nitrogen and oxygen atoms in total. The Morgan fingerprint density at radius 3 is 2.38 bits per heavy atom. The van der Waals surface area contributed by atoms with E-state index >= 15 is 0 Å². The minimum atomic E-state index is -0.408. The molecule has 0 saturated carbocycles. The zero-order chi connectivity index (χ0) is 10.3. The third-order valence-electron chi connectivity index (χ3n) is 1.88. The third kappa shape index (κ3) is 4.82. The summed E-state index contributed by atoms with van der Waals surface area (Å²) in [6.45, 7) is 2.35. The van der Waals surface area contributed by atoms with Crippen molar-refractivity contribution in [1.82, 2.24) is 10.2 Å². The molecule has 13 heavy (non-hydrogen) atoms. The zero-order valence-electron chi connectivity index (χ0n) is 8.16. The molecule has 0 fully saturated rings. The van der Waals surface area contributed by atoms with Crippen molar-refractivity contribution in [3.63, 3.8) is 0 Å². The maximum atomic E-state index is 11.2. The summed E-state index contributed by atoms with van der Waals surface area (Å²) in [6, 6.07) is -0.408. The molecule has 0 radical (unpaired) electrons. The average Bonchev–Trinajstić information content (AvgIpc) is 2.17. The van der Waals surface area contributed by atoms with Gasteiger partial charge >= 0.3 is 0 Å². The van der Waals surface area contributed by atoms with E-state index in [1.165, 1.54) is 0 Å². The SMILES string of the molecule is CCN(C)C(=O)CNC(CO)CO. The predicted octanol–water partition coefficient (Wildman–Crippen LogP) is -1.59. The lowest BCUT2D eigenvalue weighted by Crippen LogP contribution is -2.43. The Balaban J connectivity index is 3.68. The van der Waals surface area contributed by atoms with Crippen molar-refractivity contribution in [2.45, 2.75) is 13.0 Å². The van der Waals surface area contributed by atoms with Gasteiger partial charge in [0.1, 0.15) is 0 Å². The molecule has 0 rings (SSSR count). The molecular formula is C8H18N2O3. The van der Waals surface area contributed by atoms with Crippen LogP contribution in [0.5, 0.6) is 0 Å². The van der Waals surface area contributed by atoms with Crippen LogP contribution in [0.2, 0.25) is 0 Å². The number of likely N-dealkylation sites (N-methyl/N-ethyl adjacent to an activating group) is 1. The fourth-order valence-corrected chi connectivity index (χ4v) is 0.730. The molecule has 0 aliphatic heterocycles. The van der Waals surface area contributed by atoms with Crippen LogP contribution in [0.15, 0.2) is 0 Å². The number of hydrogen-bond acceptors (Lipinski definition) is 4. The summed E-state index contributed by atoms with van der Waals surface area (Å²) >= 11 is 0. The average molecular weight is 190 g/mol. The van der Waals surface area contributed by atoms with E-state index in [0.29, 0.717) is 6.54 Å². The zero-order valence-corrected chi connectivity index (χ0v) is 8.16. The van der Waals surface area contributed by atoms with Crippen molar-refractivity contribution in [1.29, 1.82) is 0 Å². The number of nitrogens with zero attached hydrogens (tertiary/aromatic N) is 1. The van der Waals surface area contributed by atoms with E-state index in [1.54, 1.807) is 11.9 Å². The Morgan fingerprint density at radius 1 is 1.46 bits per heavy atom. The number of hydrogen-bond donors (Lipinski definition) is 3. The van der Waals surface area contributed by atoms with Crippen molar-refractivity contribution in [3.05, 3.63) is 0 Å². The lowest BCUT2D eigenvalue weighted by molar-refractivity contribution is -0.128. The number of aliphatic hydroxyl groups excluding tert-OH is 2. The molecule has 0 atom stereocenters. The lowest BCUT2D eigenvalue weighted by Gasteiger charge is -2.17. The van der Waals surface area contributed by atoms with Gasteiger partial charge in [-0.2, -0.15) is 0 Å². The minimum absolute atomic E-state index is 0.0469. The number of carbonyl (C=O) groups excluding carboxylic acids is 1. The Hall–Kier alpha value is -0.650. The number of carbonyl (C=O) groups is 1. The Morgan fingerprint density at radius 2 is 2.00 bits per heavy atom. The summed E-state index contributed by atoms with van der Waals surface area (Å²) in [6.07, 6.45) is 0. The lowest BCUT2D eigenvalue weighted by atomic mass is 10.3. The second kappa shape index (κ2) is 6.82. The molecule has 3 N–H and O–H groups in total. The number of aliphatic hydroxyl groups is 2. The fraction of sp³-hybridized carbons (Fsp3) is 0.875. The summed E-state index contributed by atoms with van der Waals surface area (Å²) in [5, 5.41) is 20.1. The van der Waals surface area contributed by atoms with Crippen molar-refractivity contribution >= 4 is 5.91 Å². The molecule has 0 bridgehead atoms. The molecule has 0 saturated heterocycles. The normalized spacial score (nSPS) is 10.5. The quantitative estimate of drug-likeness (QED) is 0.472. The van der Waals surface area contributed by atoms with E-state index in [4.69, 9.17) is 10.2 Å². The molecule has 0 aromatic rings. The maximum absolute atomic E-state index is 11.2. The van der Waals surface area contributed by atoms with Crippen molar-refractivity contribution < 1.29 is 15.0 Å². The molecule has 0 aromatic heterocycles. The van der Waals surface area contributed by atoms with E-state index < -0.39 is 6.04 Å². The van der Waals surface area contributed by atoms with Crippen molar-refractivity contribution in [2.75, 3.05) is 33.4 Å². The highest BCUT2D eigenvalue weighted by Gasteiger charge is 2.09. The first-order valence-corrected chi connectivity index (χ1v) is 4.34. The Kier molecular flexibility index (Phi) is 6.48. The van der Waals surface area contributed by atoms with E-state index in [9.17, 15) is 4.79 Å². The molecule has 0 heterocycles. The molecule has 1 amide bonds. The topological polar surface area (TPSA) is 72.8 Å². The van der Waals surface area contributed by atoms with Crippen LogP contribution in [0, 0.1) is 0 Å². The molecule has 5 heteroatoms. The Labute approximate surface area is 78.4 Å². The summed E-state index contributed by atoms with van der Waals surface area (Å²) < 4.78 is 0. The smallest absolute Gasteiger partial charge is 0.236 e. The highest BCUT2D eigenvalue weighted by atomic mass is 16.3. The van der Waals surface area contributed by atoms with Gasteiger partial charge in [-0.25, -0.2) is 0 Å². The standard InChI is InChI=1S/C8H18N2O3/c1-3-10(2)8(13)4-9-7(5-11)6-12/h7,9,11-12H,3-6H2,1-2H3. The number of nitrogens with one attached hydrogen (secondary N) is 1. The summed E-state index contributed by atoms with van der Waals surface area (Å²) in [5.41, 5.74) is 0. The third-order valence-corrected chi connectivity index (χ3v) is 1.88. The summed E-state index contributed by atoms with van der Waals surface area (Å²) in [4.78, 5) is 12.8. The van der Waals surface area contributed by atoms with Crippen LogP contribution in [0.25, 0.3) is 0 Å². The Bertz CT molecular complexity index is 148. The van der Waals surface area contributed by atoms with Crippen LogP contribution >= 0.6 is 0 Å². The molecule has 0 spiro atoms. The van der Waals surface area contributed by atoms with Crippen LogP contribution in [-0.2, 0) is 4.79 Å². The molecular weight excluding hydrogens is 172 g/mol. The molecule has 0 aromatic carbocycles. The van der Waals surface area contributed by atoms with Crippen molar-refractivity contribution in [3.8, 4) is 0 Å². The van der Waals surface area contributed by atoms with Crippen LogP contribution in [0.3, 0.4) is 0 Å². The monoisotopic (exact) mass is 190 g/mol. The first-order valence-electron chi connectivity index (χ1n) is 4.34. The van der Waals surface area contributed by atoms with Crippen LogP contribution in [-0.4, -0.2) is 60.4 Å². The minimum Gasteiger partial charge on any atom is -0.395 e. The summed E-state index contributed by atoms with van der Waals surface area (Å²) in [7, 11) is 1.71. The van der Waals surface area contributed by atoms with Gasteiger partial charge in [0.05, 0.1) is 25.8 Å². The van der Waals surface area contributed by atoms with Gasteiger partial charge in [-0.15, -0.1) is 0 Å². The van der Waals surface area contributed by atoms with E-state index in [-0.39, 0.29) is 25.7 Å². The number of amides is 1. The highest BCUT2D eigenvalue weighted by molar-refractivity contribution is 5.77. The van der Waals surface area contributed by atoms with Gasteiger partial charge in [0, 0.05) is 13.6 Å². The second-order valence-electron chi connectivity index (χ2n) is 2.85. The van der Waals surface area contributed by atoms with Crippen LogP contribution in [0.4, 0.5) is 0 Å². The molecule has 78 valence electrons. The summed E-state index contributed by atoms with van der Waals surface area (Å²) in [5.74, 6) is -0.0469. The van der Waals surface area contributed by atoms with Gasteiger partial charge in [-0.1, -0.05) is 0 Å². The fourth-order valence-electron chi connectivity index (χ4n) is 0.730. The van der Waals surface area contributed by atoms with Gasteiger partial charge < -0.3 is 20.4 Å². The largest absolute Gasteiger partial charge is 0.395 e. The van der Waals surface area contributed by atoms with Gasteiger partial charge in [0.2, 0.25) is 5.91 Å². The maximum Gasteiger partial charge on any atom is 0.236 e. The van der Waals surface area contributed by atoms with Gasteiger partial charge in [-0.05, 0) is 6.92 Å². The van der Waals surface area contributed by atoms with Gasteiger partial charge in [-0.3, -0.25) is 4.79 Å². The van der Waals surface area contributed by atoms with Gasteiger partial charge in [0.15, 0.2) is 0 Å². The van der Waals surface area contributed by atoms with E-state index in [2.05, 4.69) is 5.32 Å². The first-order chi connectivity index (χ1) is 6.15. The first kappa shape index (κ1) is 12.3. The molecule has 0 aliphatic carbocycles. The van der Waals surface area contributed by atoms with Crippen LogP contribution in [0.1, 0.15) is 6.92 Å².